The zero-order valence-corrected chi connectivity index (χ0v) is 16.8. The zero-order chi connectivity index (χ0) is 14.5. The monoisotopic (exact) mass is 479 g/mol. The van der Waals surface area contributed by atoms with Gasteiger partial charge in [-0.3, -0.25) is 4.99 Å². The number of aryl methyl sites for hydroxylation is 2. The Bertz CT molecular complexity index is 625. The fourth-order valence-corrected chi connectivity index (χ4v) is 3.25. The highest BCUT2D eigenvalue weighted by Crippen LogP contribution is 2.22. The predicted octanol–water partition coefficient (Wildman–Crippen LogP) is 4.71. The molecular weight excluding hydrogens is 461 g/mol. The van der Waals surface area contributed by atoms with Crippen LogP contribution < -0.4 is 11.1 Å². The number of nitrogens with two attached hydrogens (primary N) is 1. The Labute approximate surface area is 155 Å². The lowest BCUT2D eigenvalue weighted by Crippen LogP contribution is -2.23. The van der Waals surface area contributed by atoms with Gasteiger partial charge in [-0.05, 0) is 65.2 Å². The minimum atomic E-state index is 0. The number of nitrogens with one attached hydrogen (secondary N) is 1. The summed E-state index contributed by atoms with van der Waals surface area (Å²) in [5.41, 5.74) is 9.39. The van der Waals surface area contributed by atoms with Gasteiger partial charge in [0.05, 0.1) is 3.79 Å². The minimum Gasteiger partial charge on any atom is -0.370 e. The van der Waals surface area contributed by atoms with Crippen molar-refractivity contribution in [2.75, 3.05) is 11.9 Å². The summed E-state index contributed by atoms with van der Waals surface area (Å²) >= 11 is 5.19. The molecule has 3 N–H and O–H groups in total. The molecule has 0 aliphatic carbocycles. The summed E-state index contributed by atoms with van der Waals surface area (Å²) in [4.78, 5) is 5.66. The van der Waals surface area contributed by atoms with Crippen LogP contribution in [0.5, 0.6) is 0 Å². The van der Waals surface area contributed by atoms with Crippen molar-refractivity contribution in [2.45, 2.75) is 20.3 Å². The lowest BCUT2D eigenvalue weighted by Gasteiger charge is -2.07. The Kier molecular flexibility index (Phi) is 7.69. The van der Waals surface area contributed by atoms with E-state index in [2.05, 4.69) is 64.4 Å². The molecule has 1 aromatic carbocycles. The van der Waals surface area contributed by atoms with Gasteiger partial charge in [0.2, 0.25) is 0 Å². The minimum absolute atomic E-state index is 0. The summed E-state index contributed by atoms with van der Waals surface area (Å²) in [5, 5.41) is 3.12. The van der Waals surface area contributed by atoms with Gasteiger partial charge in [-0.1, -0.05) is 6.07 Å². The summed E-state index contributed by atoms with van der Waals surface area (Å²) < 4.78 is 1.15. The molecule has 21 heavy (non-hydrogen) atoms. The molecule has 3 nitrogen and oxygen atoms in total. The largest absolute Gasteiger partial charge is 0.370 e. The van der Waals surface area contributed by atoms with E-state index in [4.69, 9.17) is 5.73 Å². The number of thiophene rings is 1. The van der Waals surface area contributed by atoms with E-state index < -0.39 is 0 Å². The fraction of sp³-hybridized carbons (Fsp3) is 0.267. The Hall–Kier alpha value is -0.600. The Morgan fingerprint density at radius 3 is 2.62 bits per heavy atom. The van der Waals surface area contributed by atoms with E-state index in [1.54, 1.807) is 11.3 Å². The third kappa shape index (κ3) is 5.96. The average Bonchev–Trinajstić information content (AvgIpc) is 2.80. The lowest BCUT2D eigenvalue weighted by molar-refractivity contribution is 0.983. The summed E-state index contributed by atoms with van der Waals surface area (Å²) in [7, 11) is 0. The van der Waals surface area contributed by atoms with E-state index in [9.17, 15) is 0 Å². The van der Waals surface area contributed by atoms with Crippen molar-refractivity contribution in [3.05, 3.63) is 50.1 Å². The summed E-state index contributed by atoms with van der Waals surface area (Å²) in [6.07, 6.45) is 0.908. The van der Waals surface area contributed by atoms with Gasteiger partial charge in [-0.25, -0.2) is 0 Å². The van der Waals surface area contributed by atoms with E-state index in [1.165, 1.54) is 16.0 Å². The molecular formula is C15H19BrIN3S. The first-order valence-electron chi connectivity index (χ1n) is 6.43. The van der Waals surface area contributed by atoms with E-state index in [-0.39, 0.29) is 24.0 Å². The van der Waals surface area contributed by atoms with Crippen LogP contribution in [0.1, 0.15) is 16.0 Å². The molecule has 0 saturated carbocycles. The number of hydrogen-bond acceptors (Lipinski definition) is 2. The Morgan fingerprint density at radius 2 is 2.00 bits per heavy atom. The van der Waals surface area contributed by atoms with Crippen molar-refractivity contribution >= 4 is 62.9 Å². The van der Waals surface area contributed by atoms with Crippen LogP contribution in [0.25, 0.3) is 0 Å². The topological polar surface area (TPSA) is 50.4 Å². The van der Waals surface area contributed by atoms with Gasteiger partial charge in [0, 0.05) is 23.5 Å². The van der Waals surface area contributed by atoms with Gasteiger partial charge in [0.25, 0.3) is 0 Å². The maximum absolute atomic E-state index is 5.90. The molecule has 0 spiro atoms. The summed E-state index contributed by atoms with van der Waals surface area (Å²) in [6, 6.07) is 10.3. The standard InChI is InChI=1S/C15H18BrN3S.HI/c1-10-3-4-12(9-11(10)2)19-15(17)18-8-7-13-5-6-14(16)20-13;/h3-6,9H,7-8H2,1-2H3,(H3,17,18,19);1H. The summed E-state index contributed by atoms with van der Waals surface area (Å²) in [6.45, 7) is 4.87. The molecule has 0 amide bonds. The molecule has 0 radical (unpaired) electrons. The number of anilines is 1. The van der Waals surface area contributed by atoms with Gasteiger partial charge >= 0.3 is 0 Å². The van der Waals surface area contributed by atoms with Crippen LogP contribution >= 0.6 is 51.2 Å². The van der Waals surface area contributed by atoms with Crippen molar-refractivity contribution < 1.29 is 0 Å². The molecule has 1 aromatic heterocycles. The van der Waals surface area contributed by atoms with E-state index >= 15 is 0 Å². The average molecular weight is 480 g/mol. The number of benzene rings is 1. The third-order valence-corrected chi connectivity index (χ3v) is 4.73. The van der Waals surface area contributed by atoms with Gasteiger partial charge < -0.3 is 11.1 Å². The van der Waals surface area contributed by atoms with Crippen molar-refractivity contribution in [3.8, 4) is 0 Å². The summed E-state index contributed by atoms with van der Waals surface area (Å²) in [5.74, 6) is 0.462. The zero-order valence-electron chi connectivity index (χ0n) is 12.0. The molecule has 0 aliphatic heterocycles. The quantitative estimate of drug-likeness (QED) is 0.379. The van der Waals surface area contributed by atoms with Gasteiger partial charge in [-0.15, -0.1) is 35.3 Å². The molecule has 114 valence electrons. The number of nitrogens with zero attached hydrogens (tertiary/aromatic N) is 1. The third-order valence-electron chi connectivity index (χ3n) is 3.05. The number of halogens is 2. The first-order chi connectivity index (χ1) is 9.54. The van der Waals surface area contributed by atoms with Crippen molar-refractivity contribution in [3.63, 3.8) is 0 Å². The molecule has 6 heteroatoms. The molecule has 0 atom stereocenters. The lowest BCUT2D eigenvalue weighted by atomic mass is 10.1. The normalized spacial score (nSPS) is 11.1. The number of guanidine groups is 1. The highest BCUT2D eigenvalue weighted by atomic mass is 127. The molecule has 0 bridgehead atoms. The fourth-order valence-electron chi connectivity index (χ4n) is 1.78. The van der Waals surface area contributed by atoms with Crippen LogP contribution in [0.15, 0.2) is 39.1 Å². The predicted molar refractivity (Wildman–Crippen MR) is 107 cm³/mol. The second-order valence-corrected chi connectivity index (χ2v) is 7.19. The smallest absolute Gasteiger partial charge is 0.193 e. The highest BCUT2D eigenvalue weighted by Gasteiger charge is 1.99. The van der Waals surface area contributed by atoms with E-state index in [1.807, 2.05) is 6.07 Å². The molecule has 2 rings (SSSR count). The number of aliphatic imine (C=N–C) groups is 1. The second-order valence-electron chi connectivity index (χ2n) is 4.65. The first kappa shape index (κ1) is 18.4. The van der Waals surface area contributed by atoms with Gasteiger partial charge in [0.1, 0.15) is 0 Å². The molecule has 2 aromatic rings. The van der Waals surface area contributed by atoms with Crippen LogP contribution in [0.2, 0.25) is 0 Å². The molecule has 0 unspecified atom stereocenters. The second kappa shape index (κ2) is 8.75. The maximum atomic E-state index is 5.90. The highest BCUT2D eigenvalue weighted by molar-refractivity contribution is 14.0. The molecule has 0 aliphatic rings. The van der Waals surface area contributed by atoms with Crippen LogP contribution in [-0.4, -0.2) is 12.5 Å². The maximum Gasteiger partial charge on any atom is 0.193 e. The van der Waals surface area contributed by atoms with E-state index in [0.717, 1.165) is 15.9 Å². The van der Waals surface area contributed by atoms with Gasteiger partial charge in [0.15, 0.2) is 5.96 Å². The van der Waals surface area contributed by atoms with Crippen LogP contribution in [0.4, 0.5) is 5.69 Å². The van der Waals surface area contributed by atoms with Crippen LogP contribution in [-0.2, 0) is 6.42 Å². The Balaban J connectivity index is 0.00000220. The molecule has 0 fully saturated rings. The SMILES string of the molecule is Cc1ccc(NC(N)=NCCc2ccc(Br)s2)cc1C.I. The van der Waals surface area contributed by atoms with Gasteiger partial charge in [-0.2, -0.15) is 0 Å². The van der Waals surface area contributed by atoms with Crippen molar-refractivity contribution in [2.24, 2.45) is 10.7 Å². The molecule has 0 saturated heterocycles. The van der Waals surface area contributed by atoms with Crippen molar-refractivity contribution in [1.82, 2.24) is 0 Å². The molecule has 1 heterocycles. The van der Waals surface area contributed by atoms with Crippen LogP contribution in [0.3, 0.4) is 0 Å². The first-order valence-corrected chi connectivity index (χ1v) is 8.04. The van der Waals surface area contributed by atoms with E-state index in [0.29, 0.717) is 12.5 Å². The van der Waals surface area contributed by atoms with Crippen molar-refractivity contribution in [1.29, 1.82) is 0 Å². The number of rotatable bonds is 4. The number of hydrogen-bond donors (Lipinski definition) is 2. The van der Waals surface area contributed by atoms with Crippen LogP contribution in [0, 0.1) is 13.8 Å². The Morgan fingerprint density at radius 1 is 1.24 bits per heavy atom.